The molecule has 0 spiro atoms. The van der Waals surface area contributed by atoms with Crippen LogP contribution < -0.4 is 5.73 Å². The maximum atomic E-state index is 12.0. The largest absolute Gasteiger partial charge is 0.420 e. The molecule has 3 nitrogen and oxygen atoms in total. The molecule has 0 radical (unpaired) electrons. The van der Waals surface area contributed by atoms with Crippen LogP contribution in [0.3, 0.4) is 0 Å². The average molecular weight is 198 g/mol. The molecule has 0 saturated carbocycles. The molecule has 0 unspecified atom stereocenters. The SMILES string of the molecule is Nc1c(C(F)(F)F)cnnc1Cl. The molecule has 0 atom stereocenters. The van der Waals surface area contributed by atoms with Gasteiger partial charge in [-0.1, -0.05) is 11.6 Å². The van der Waals surface area contributed by atoms with E-state index in [2.05, 4.69) is 10.2 Å². The third-order valence-electron chi connectivity index (χ3n) is 1.15. The van der Waals surface area contributed by atoms with E-state index in [0.717, 1.165) is 0 Å². The fourth-order valence-electron chi connectivity index (χ4n) is 0.598. The van der Waals surface area contributed by atoms with Gasteiger partial charge in [0.25, 0.3) is 0 Å². The van der Waals surface area contributed by atoms with Gasteiger partial charge in [-0.05, 0) is 0 Å². The smallest absolute Gasteiger partial charge is 0.396 e. The van der Waals surface area contributed by atoms with Gasteiger partial charge in [-0.3, -0.25) is 0 Å². The zero-order chi connectivity index (χ0) is 9.35. The van der Waals surface area contributed by atoms with Crippen LogP contribution in [0.15, 0.2) is 6.20 Å². The number of nitrogens with zero attached hydrogens (tertiary/aromatic N) is 2. The monoisotopic (exact) mass is 197 g/mol. The van der Waals surface area contributed by atoms with Crippen LogP contribution >= 0.6 is 11.6 Å². The second-order valence-electron chi connectivity index (χ2n) is 1.96. The van der Waals surface area contributed by atoms with Gasteiger partial charge >= 0.3 is 6.18 Å². The molecule has 0 aromatic carbocycles. The molecule has 1 heterocycles. The van der Waals surface area contributed by atoms with Crippen LogP contribution in [0.1, 0.15) is 5.56 Å². The summed E-state index contributed by atoms with van der Waals surface area (Å²) in [6, 6.07) is 0. The van der Waals surface area contributed by atoms with E-state index < -0.39 is 22.6 Å². The standard InChI is InChI=1S/C5H3ClF3N3/c6-4-3(10)2(1-11-12-4)5(7,8)9/h1H,(H2,10,11). The van der Waals surface area contributed by atoms with E-state index in [4.69, 9.17) is 17.3 Å². The van der Waals surface area contributed by atoms with Crippen LogP contribution in [0, 0.1) is 0 Å². The van der Waals surface area contributed by atoms with Crippen LogP contribution in [0.2, 0.25) is 5.15 Å². The number of nitrogen functional groups attached to an aromatic ring is 1. The van der Waals surface area contributed by atoms with Crippen molar-refractivity contribution in [3.63, 3.8) is 0 Å². The van der Waals surface area contributed by atoms with Crippen LogP contribution in [0.25, 0.3) is 0 Å². The Bertz CT molecular complexity index is 298. The first-order chi connectivity index (χ1) is 5.43. The Morgan fingerprint density at radius 2 is 2.00 bits per heavy atom. The van der Waals surface area contributed by atoms with Gasteiger partial charge in [0.1, 0.15) is 5.56 Å². The summed E-state index contributed by atoms with van der Waals surface area (Å²) in [5, 5.41) is 5.73. The molecular weight excluding hydrogens is 195 g/mol. The van der Waals surface area contributed by atoms with Gasteiger partial charge in [0.2, 0.25) is 0 Å². The molecule has 1 aromatic rings. The number of aromatic nitrogens is 2. The number of halogens is 4. The Kier molecular flexibility index (Phi) is 2.10. The molecule has 12 heavy (non-hydrogen) atoms. The molecule has 1 aromatic heterocycles. The molecule has 0 fully saturated rings. The van der Waals surface area contributed by atoms with Crippen molar-refractivity contribution in [3.8, 4) is 0 Å². The average Bonchev–Trinajstić information content (AvgIpc) is 1.92. The minimum absolute atomic E-state index is 0.440. The molecule has 0 aliphatic carbocycles. The lowest BCUT2D eigenvalue weighted by atomic mass is 10.2. The molecular formula is C5H3ClF3N3. The first-order valence-electron chi connectivity index (χ1n) is 2.77. The fraction of sp³-hybridized carbons (Fsp3) is 0.200. The molecule has 0 aliphatic rings. The second kappa shape index (κ2) is 2.78. The van der Waals surface area contributed by atoms with Crippen molar-refractivity contribution in [2.45, 2.75) is 6.18 Å². The van der Waals surface area contributed by atoms with E-state index in [1.165, 1.54) is 0 Å². The van der Waals surface area contributed by atoms with Crippen molar-refractivity contribution in [3.05, 3.63) is 16.9 Å². The topological polar surface area (TPSA) is 51.8 Å². The second-order valence-corrected chi connectivity index (χ2v) is 2.32. The first kappa shape index (κ1) is 9.05. The van der Waals surface area contributed by atoms with Gasteiger partial charge in [-0.25, -0.2) is 0 Å². The summed E-state index contributed by atoms with van der Waals surface area (Å²) in [5.41, 5.74) is 3.35. The Hall–Kier alpha value is -1.04. The number of nitrogens with two attached hydrogens (primary N) is 1. The Morgan fingerprint density at radius 1 is 1.42 bits per heavy atom. The summed E-state index contributed by atoms with van der Waals surface area (Å²) >= 11 is 5.22. The zero-order valence-electron chi connectivity index (χ0n) is 5.56. The summed E-state index contributed by atoms with van der Waals surface area (Å²) in [7, 11) is 0. The van der Waals surface area contributed by atoms with Gasteiger partial charge < -0.3 is 5.73 Å². The normalized spacial score (nSPS) is 11.7. The van der Waals surface area contributed by atoms with Crippen LogP contribution in [0.5, 0.6) is 0 Å². The van der Waals surface area contributed by atoms with Gasteiger partial charge in [0, 0.05) is 0 Å². The van der Waals surface area contributed by atoms with Gasteiger partial charge in [0.15, 0.2) is 5.15 Å². The summed E-state index contributed by atoms with van der Waals surface area (Å²) in [6.45, 7) is 0. The highest BCUT2D eigenvalue weighted by Gasteiger charge is 2.34. The van der Waals surface area contributed by atoms with Crippen molar-refractivity contribution < 1.29 is 13.2 Å². The molecule has 7 heteroatoms. The summed E-state index contributed by atoms with van der Waals surface area (Å²) in [4.78, 5) is 0. The Labute approximate surface area is 70.3 Å². The highest BCUT2D eigenvalue weighted by Crippen LogP contribution is 2.34. The molecule has 0 saturated heterocycles. The fourth-order valence-corrected chi connectivity index (χ4v) is 0.743. The predicted octanol–water partition coefficient (Wildman–Crippen LogP) is 1.73. The van der Waals surface area contributed by atoms with E-state index in [0.29, 0.717) is 6.20 Å². The maximum absolute atomic E-state index is 12.0. The van der Waals surface area contributed by atoms with Crippen LogP contribution in [-0.4, -0.2) is 10.2 Å². The van der Waals surface area contributed by atoms with Crippen molar-refractivity contribution in [1.82, 2.24) is 10.2 Å². The predicted molar refractivity (Wildman–Crippen MR) is 36.5 cm³/mol. The summed E-state index contributed by atoms with van der Waals surface area (Å²) in [6.07, 6.45) is -4.01. The zero-order valence-corrected chi connectivity index (χ0v) is 6.32. The van der Waals surface area contributed by atoms with Crippen LogP contribution in [-0.2, 0) is 6.18 Å². The molecule has 0 aliphatic heterocycles. The summed E-state index contributed by atoms with van der Waals surface area (Å²) in [5.74, 6) is 0. The Balaban J connectivity index is 3.26. The lowest BCUT2D eigenvalue weighted by molar-refractivity contribution is -0.137. The first-order valence-corrected chi connectivity index (χ1v) is 3.14. The Morgan fingerprint density at radius 3 is 2.42 bits per heavy atom. The van der Waals surface area contributed by atoms with E-state index >= 15 is 0 Å². The highest BCUT2D eigenvalue weighted by atomic mass is 35.5. The van der Waals surface area contributed by atoms with Crippen molar-refractivity contribution >= 4 is 17.3 Å². The number of rotatable bonds is 0. The number of alkyl halides is 3. The van der Waals surface area contributed by atoms with Crippen molar-refractivity contribution in [1.29, 1.82) is 0 Å². The lowest BCUT2D eigenvalue weighted by Crippen LogP contribution is -2.10. The van der Waals surface area contributed by atoms with Gasteiger partial charge in [0.05, 0.1) is 11.9 Å². The van der Waals surface area contributed by atoms with Gasteiger partial charge in [-0.2, -0.15) is 18.3 Å². The molecule has 66 valence electrons. The minimum atomic E-state index is -4.54. The van der Waals surface area contributed by atoms with E-state index in [1.807, 2.05) is 0 Å². The van der Waals surface area contributed by atoms with Gasteiger partial charge in [-0.15, -0.1) is 5.10 Å². The number of anilines is 1. The minimum Gasteiger partial charge on any atom is -0.396 e. The van der Waals surface area contributed by atoms with E-state index in [-0.39, 0.29) is 0 Å². The molecule has 0 amide bonds. The van der Waals surface area contributed by atoms with Crippen molar-refractivity contribution in [2.75, 3.05) is 5.73 Å². The third-order valence-corrected chi connectivity index (χ3v) is 1.43. The number of hydrogen-bond acceptors (Lipinski definition) is 3. The van der Waals surface area contributed by atoms with Crippen LogP contribution in [0.4, 0.5) is 18.9 Å². The third kappa shape index (κ3) is 1.58. The molecule has 0 bridgehead atoms. The summed E-state index contributed by atoms with van der Waals surface area (Å²) < 4.78 is 36.1. The number of hydrogen-bond donors (Lipinski definition) is 1. The highest BCUT2D eigenvalue weighted by molar-refractivity contribution is 6.31. The lowest BCUT2D eigenvalue weighted by Gasteiger charge is -2.08. The van der Waals surface area contributed by atoms with E-state index in [1.54, 1.807) is 0 Å². The molecule has 2 N–H and O–H groups in total. The maximum Gasteiger partial charge on any atom is 0.420 e. The van der Waals surface area contributed by atoms with Crippen molar-refractivity contribution in [2.24, 2.45) is 0 Å². The van der Waals surface area contributed by atoms with E-state index in [9.17, 15) is 13.2 Å². The quantitative estimate of drug-likeness (QED) is 0.689. The molecule has 1 rings (SSSR count).